The van der Waals surface area contributed by atoms with Gasteiger partial charge < -0.3 is 10.4 Å². The maximum Gasteiger partial charge on any atom is 0.190 e. The van der Waals surface area contributed by atoms with Crippen LogP contribution in [-0.2, 0) is 6.42 Å². The van der Waals surface area contributed by atoms with E-state index in [1.165, 1.54) is 0 Å². The topological polar surface area (TPSA) is 49.3 Å². The molecule has 0 unspecified atom stereocenters. The van der Waals surface area contributed by atoms with Crippen LogP contribution in [0.5, 0.6) is 5.75 Å². The van der Waals surface area contributed by atoms with Crippen molar-refractivity contribution in [2.75, 3.05) is 5.32 Å². The van der Waals surface area contributed by atoms with E-state index in [0.717, 1.165) is 29.5 Å². The second kappa shape index (κ2) is 5.21. The molecule has 3 rings (SSSR count). The molecule has 0 aromatic heterocycles. The van der Waals surface area contributed by atoms with Gasteiger partial charge in [-0.2, -0.15) is 0 Å². The fourth-order valence-corrected chi connectivity index (χ4v) is 2.41. The maximum atomic E-state index is 12.4. The molecule has 2 aromatic rings. The average molecular weight is 265 g/mol. The third kappa shape index (κ3) is 2.30. The van der Waals surface area contributed by atoms with E-state index in [-0.39, 0.29) is 11.5 Å². The molecule has 2 N–H and O–H groups in total. The molecule has 3 heteroatoms. The molecule has 100 valence electrons. The summed E-state index contributed by atoms with van der Waals surface area (Å²) >= 11 is 0. The van der Waals surface area contributed by atoms with E-state index in [1.807, 2.05) is 30.3 Å². The predicted molar refractivity (Wildman–Crippen MR) is 78.9 cm³/mol. The number of carbonyl (C=O) groups excluding carboxylic acids is 1. The number of aryl methyl sites for hydroxylation is 1. The average Bonchev–Trinajstić information content (AvgIpc) is 2.48. The van der Waals surface area contributed by atoms with Crippen LogP contribution in [0.15, 0.2) is 60.3 Å². The van der Waals surface area contributed by atoms with Crippen LogP contribution in [0, 0.1) is 0 Å². The number of aromatic hydroxyl groups is 1. The molecule has 0 bridgehead atoms. The van der Waals surface area contributed by atoms with Crippen LogP contribution in [-0.4, -0.2) is 10.9 Å². The Labute approximate surface area is 117 Å². The van der Waals surface area contributed by atoms with Gasteiger partial charge in [-0.05, 0) is 30.5 Å². The van der Waals surface area contributed by atoms with Crippen LogP contribution >= 0.6 is 0 Å². The Hall–Kier alpha value is -2.55. The van der Waals surface area contributed by atoms with E-state index in [2.05, 4.69) is 5.32 Å². The zero-order valence-corrected chi connectivity index (χ0v) is 11.0. The Morgan fingerprint density at radius 1 is 1.00 bits per heavy atom. The Kier molecular flexibility index (Phi) is 3.25. The number of hydrogen-bond acceptors (Lipinski definition) is 3. The summed E-state index contributed by atoms with van der Waals surface area (Å²) in [5, 5.41) is 12.7. The summed E-state index contributed by atoms with van der Waals surface area (Å²) in [6, 6.07) is 14.7. The van der Waals surface area contributed by atoms with Crippen molar-refractivity contribution in [1.29, 1.82) is 0 Å². The summed E-state index contributed by atoms with van der Waals surface area (Å²) in [6.07, 6.45) is 3.29. The lowest BCUT2D eigenvalue weighted by Crippen LogP contribution is -2.15. The van der Waals surface area contributed by atoms with Crippen molar-refractivity contribution in [2.45, 2.75) is 12.8 Å². The largest absolute Gasteiger partial charge is 0.506 e. The minimum absolute atomic E-state index is 0.0646. The first-order valence-corrected chi connectivity index (χ1v) is 6.62. The van der Waals surface area contributed by atoms with Gasteiger partial charge >= 0.3 is 0 Å². The van der Waals surface area contributed by atoms with Gasteiger partial charge in [0.05, 0.1) is 5.69 Å². The molecule has 2 aromatic carbocycles. The molecule has 1 aliphatic rings. The number of para-hydroxylation sites is 2. The molecule has 0 spiro atoms. The van der Waals surface area contributed by atoms with Gasteiger partial charge in [0.25, 0.3) is 0 Å². The van der Waals surface area contributed by atoms with E-state index in [9.17, 15) is 9.90 Å². The van der Waals surface area contributed by atoms with Crippen molar-refractivity contribution in [1.82, 2.24) is 0 Å². The van der Waals surface area contributed by atoms with E-state index in [0.29, 0.717) is 5.69 Å². The van der Waals surface area contributed by atoms with Crippen LogP contribution in [0.2, 0.25) is 0 Å². The summed E-state index contributed by atoms with van der Waals surface area (Å²) in [7, 11) is 0. The highest BCUT2D eigenvalue weighted by Crippen LogP contribution is 2.26. The number of phenolic OH excluding ortho intramolecular Hbond substituents is 1. The highest BCUT2D eigenvalue weighted by Gasteiger charge is 2.21. The van der Waals surface area contributed by atoms with Crippen molar-refractivity contribution >= 4 is 11.5 Å². The van der Waals surface area contributed by atoms with Crippen molar-refractivity contribution < 1.29 is 9.90 Å². The number of allylic oxidation sites excluding steroid dienone is 1. The Balaban J connectivity index is 1.84. The summed E-state index contributed by atoms with van der Waals surface area (Å²) < 4.78 is 0. The number of nitrogens with one attached hydrogen (secondary N) is 1. The van der Waals surface area contributed by atoms with Crippen LogP contribution in [0.25, 0.3) is 0 Å². The minimum Gasteiger partial charge on any atom is -0.506 e. The first kappa shape index (κ1) is 12.5. The third-order valence-electron chi connectivity index (χ3n) is 3.52. The Morgan fingerprint density at radius 3 is 2.60 bits per heavy atom. The van der Waals surface area contributed by atoms with Crippen molar-refractivity contribution in [3.05, 3.63) is 71.4 Å². The minimum atomic E-state index is 0.0646. The van der Waals surface area contributed by atoms with Crippen LogP contribution < -0.4 is 5.32 Å². The highest BCUT2D eigenvalue weighted by atomic mass is 16.3. The quantitative estimate of drug-likeness (QED) is 0.645. The molecule has 0 saturated heterocycles. The second-order valence-electron chi connectivity index (χ2n) is 4.82. The van der Waals surface area contributed by atoms with Crippen molar-refractivity contribution in [3.63, 3.8) is 0 Å². The molecule has 3 nitrogen and oxygen atoms in total. The lowest BCUT2D eigenvalue weighted by molar-refractivity contribution is 0.102. The molecule has 0 aliphatic heterocycles. The number of hydrogen-bond donors (Lipinski definition) is 2. The van der Waals surface area contributed by atoms with E-state index in [4.69, 9.17) is 0 Å². The van der Waals surface area contributed by atoms with Gasteiger partial charge in [-0.3, -0.25) is 4.79 Å². The molecular formula is C17H15NO2. The smallest absolute Gasteiger partial charge is 0.190 e. The van der Waals surface area contributed by atoms with Crippen LogP contribution in [0.3, 0.4) is 0 Å². The van der Waals surface area contributed by atoms with Crippen molar-refractivity contribution in [3.8, 4) is 5.75 Å². The monoisotopic (exact) mass is 265 g/mol. The molecule has 0 atom stereocenters. The van der Waals surface area contributed by atoms with Gasteiger partial charge in [0.15, 0.2) is 5.78 Å². The normalized spacial score (nSPS) is 16.0. The summed E-state index contributed by atoms with van der Waals surface area (Å²) in [5.41, 5.74) is 3.24. The lowest BCUT2D eigenvalue weighted by Gasteiger charge is -2.17. The first-order valence-electron chi connectivity index (χ1n) is 6.62. The van der Waals surface area contributed by atoms with Gasteiger partial charge in [-0.1, -0.05) is 36.4 Å². The number of anilines is 1. The number of phenols is 1. The highest BCUT2D eigenvalue weighted by molar-refractivity contribution is 6.10. The first-order chi connectivity index (χ1) is 9.75. The number of ketones is 1. The molecule has 20 heavy (non-hydrogen) atoms. The molecule has 0 heterocycles. The summed E-state index contributed by atoms with van der Waals surface area (Å²) in [4.78, 5) is 12.4. The van der Waals surface area contributed by atoms with Crippen molar-refractivity contribution in [2.24, 2.45) is 0 Å². The van der Waals surface area contributed by atoms with Gasteiger partial charge in [0.2, 0.25) is 0 Å². The Morgan fingerprint density at radius 2 is 1.75 bits per heavy atom. The summed E-state index contributed by atoms with van der Waals surface area (Å²) in [6.45, 7) is 0. The van der Waals surface area contributed by atoms with Gasteiger partial charge in [0.1, 0.15) is 5.75 Å². The predicted octanol–water partition coefficient (Wildman–Crippen LogP) is 3.52. The lowest BCUT2D eigenvalue weighted by atomic mass is 9.87. The van der Waals surface area contributed by atoms with E-state index in [1.54, 1.807) is 24.4 Å². The Bertz CT molecular complexity index is 689. The van der Waals surface area contributed by atoms with Gasteiger partial charge in [-0.25, -0.2) is 0 Å². The van der Waals surface area contributed by atoms with E-state index < -0.39 is 0 Å². The zero-order chi connectivity index (χ0) is 13.9. The molecule has 0 amide bonds. The SMILES string of the molecule is O=C1C(=CNc2ccccc2O)CCc2ccccc21. The number of carbonyl (C=O) groups is 1. The molecule has 1 aliphatic carbocycles. The van der Waals surface area contributed by atoms with Crippen LogP contribution in [0.4, 0.5) is 5.69 Å². The number of Topliss-reactive ketones (excluding diaryl/α,β-unsaturated/α-hetero) is 1. The molecular weight excluding hydrogens is 250 g/mol. The molecule has 0 radical (unpaired) electrons. The number of fused-ring (bicyclic) bond motifs is 1. The van der Waals surface area contributed by atoms with Crippen LogP contribution in [0.1, 0.15) is 22.3 Å². The standard InChI is InChI=1S/C17H15NO2/c19-16-8-4-3-7-15(16)18-11-13-10-9-12-5-1-2-6-14(12)17(13)20/h1-8,11,18-19H,9-10H2. The van der Waals surface area contributed by atoms with E-state index >= 15 is 0 Å². The van der Waals surface area contributed by atoms with Gasteiger partial charge in [0, 0.05) is 17.3 Å². The molecule has 0 saturated carbocycles. The maximum absolute atomic E-state index is 12.4. The fraction of sp³-hybridized carbons (Fsp3) is 0.118. The number of benzene rings is 2. The third-order valence-corrected chi connectivity index (χ3v) is 3.52. The second-order valence-corrected chi connectivity index (χ2v) is 4.82. The summed E-state index contributed by atoms with van der Waals surface area (Å²) in [5.74, 6) is 0.239. The number of rotatable bonds is 2. The van der Waals surface area contributed by atoms with Gasteiger partial charge in [-0.15, -0.1) is 0 Å². The fourth-order valence-electron chi connectivity index (χ4n) is 2.41. The molecule has 0 fully saturated rings. The zero-order valence-electron chi connectivity index (χ0n) is 11.0.